The van der Waals surface area contributed by atoms with Crippen molar-refractivity contribution in [1.29, 1.82) is 5.26 Å². The summed E-state index contributed by atoms with van der Waals surface area (Å²) in [7, 11) is 0. The van der Waals surface area contributed by atoms with Crippen molar-refractivity contribution < 1.29 is 4.79 Å². The fourth-order valence-corrected chi connectivity index (χ4v) is 2.78. The molecule has 0 radical (unpaired) electrons. The maximum Gasteiger partial charge on any atom is 0.251 e. The molecular formula is C21H22N6O. The van der Waals surface area contributed by atoms with Crippen molar-refractivity contribution in [1.82, 2.24) is 25.3 Å². The van der Waals surface area contributed by atoms with Crippen LogP contribution in [0.1, 0.15) is 47.8 Å². The summed E-state index contributed by atoms with van der Waals surface area (Å²) < 4.78 is 1.73. The minimum absolute atomic E-state index is 0.130. The van der Waals surface area contributed by atoms with Gasteiger partial charge in [-0.25, -0.2) is 0 Å². The van der Waals surface area contributed by atoms with Gasteiger partial charge in [0.1, 0.15) is 6.07 Å². The summed E-state index contributed by atoms with van der Waals surface area (Å²) in [6.45, 7) is 5.38. The molecule has 3 rings (SSSR count). The molecule has 0 saturated heterocycles. The molecule has 1 amide bonds. The van der Waals surface area contributed by atoms with Crippen molar-refractivity contribution in [2.45, 2.75) is 32.7 Å². The fourth-order valence-electron chi connectivity index (χ4n) is 2.78. The van der Waals surface area contributed by atoms with E-state index in [1.807, 2.05) is 18.2 Å². The van der Waals surface area contributed by atoms with Gasteiger partial charge in [0.15, 0.2) is 0 Å². The third kappa shape index (κ3) is 4.60. The molecule has 1 aromatic carbocycles. The predicted octanol–water partition coefficient (Wildman–Crippen LogP) is 3.16. The van der Waals surface area contributed by atoms with Crippen LogP contribution in [0.5, 0.6) is 0 Å². The molecule has 0 aliphatic heterocycles. The molecule has 0 bridgehead atoms. The number of carbonyl (C=O) groups is 1. The van der Waals surface area contributed by atoms with Crippen LogP contribution in [0, 0.1) is 11.3 Å². The van der Waals surface area contributed by atoms with Gasteiger partial charge in [0.2, 0.25) is 0 Å². The maximum atomic E-state index is 12.3. The van der Waals surface area contributed by atoms with Crippen molar-refractivity contribution in [2.24, 2.45) is 0 Å². The lowest BCUT2D eigenvalue weighted by atomic mass is 10.0. The van der Waals surface area contributed by atoms with E-state index in [0.717, 1.165) is 17.7 Å². The number of aryl methyl sites for hydroxylation is 1. The first-order valence-corrected chi connectivity index (χ1v) is 9.22. The monoisotopic (exact) mass is 374 g/mol. The van der Waals surface area contributed by atoms with E-state index < -0.39 is 0 Å². The Morgan fingerprint density at radius 3 is 2.64 bits per heavy atom. The predicted molar refractivity (Wildman–Crippen MR) is 105 cm³/mol. The molecule has 0 unspecified atom stereocenters. The molecule has 0 aliphatic carbocycles. The van der Waals surface area contributed by atoms with Gasteiger partial charge in [0.05, 0.1) is 17.5 Å². The average molecular weight is 374 g/mol. The summed E-state index contributed by atoms with van der Waals surface area (Å²) in [6, 6.07) is 13.0. The molecule has 28 heavy (non-hydrogen) atoms. The van der Waals surface area contributed by atoms with Crippen LogP contribution in [0.3, 0.4) is 0 Å². The van der Waals surface area contributed by atoms with Crippen LogP contribution in [0.25, 0.3) is 11.3 Å². The van der Waals surface area contributed by atoms with E-state index in [2.05, 4.69) is 40.5 Å². The lowest BCUT2D eigenvalue weighted by Crippen LogP contribution is -2.25. The van der Waals surface area contributed by atoms with Crippen LogP contribution >= 0.6 is 0 Å². The Morgan fingerprint density at radius 1 is 1.21 bits per heavy atom. The Labute approximate surface area is 164 Å². The summed E-state index contributed by atoms with van der Waals surface area (Å²) in [5.41, 5.74) is 3.50. The molecule has 0 fully saturated rings. The molecule has 0 atom stereocenters. The number of amides is 1. The Balaban J connectivity index is 1.65. The van der Waals surface area contributed by atoms with E-state index in [9.17, 15) is 10.1 Å². The standard InChI is InChI=1S/C21H22N6O/c1-15(2)19-9-8-18(14-22)20(25-19)16-4-6-17(7-5-16)21(28)23-10-3-12-27-13-11-24-26-27/h4-9,11,13,15H,3,10,12H2,1-2H3,(H,23,28). The summed E-state index contributed by atoms with van der Waals surface area (Å²) in [5, 5.41) is 19.9. The molecule has 0 aliphatic rings. The summed E-state index contributed by atoms with van der Waals surface area (Å²) in [6.07, 6.45) is 4.19. The Hall–Kier alpha value is -3.53. The molecular weight excluding hydrogens is 352 g/mol. The zero-order valence-corrected chi connectivity index (χ0v) is 16.0. The highest BCUT2D eigenvalue weighted by atomic mass is 16.1. The fraction of sp³-hybridized carbons (Fsp3) is 0.286. The molecule has 2 heterocycles. The van der Waals surface area contributed by atoms with E-state index in [4.69, 9.17) is 0 Å². The van der Waals surface area contributed by atoms with Gasteiger partial charge in [-0.1, -0.05) is 31.2 Å². The van der Waals surface area contributed by atoms with E-state index in [-0.39, 0.29) is 11.8 Å². The zero-order valence-electron chi connectivity index (χ0n) is 16.0. The third-order valence-corrected chi connectivity index (χ3v) is 4.37. The number of hydrogen-bond acceptors (Lipinski definition) is 5. The molecule has 1 N–H and O–H groups in total. The van der Waals surface area contributed by atoms with E-state index in [1.54, 1.807) is 35.3 Å². The van der Waals surface area contributed by atoms with Gasteiger partial charge in [-0.3, -0.25) is 14.5 Å². The second kappa shape index (κ2) is 8.91. The van der Waals surface area contributed by atoms with E-state index in [0.29, 0.717) is 29.9 Å². The van der Waals surface area contributed by atoms with E-state index in [1.165, 1.54) is 0 Å². The Bertz CT molecular complexity index is 971. The SMILES string of the molecule is CC(C)c1ccc(C#N)c(-c2ccc(C(=O)NCCCn3ccnn3)cc2)n1. The first kappa shape index (κ1) is 19.2. The normalized spacial score (nSPS) is 10.6. The number of benzene rings is 1. The molecule has 142 valence electrons. The van der Waals surface area contributed by atoms with Crippen molar-refractivity contribution in [3.63, 3.8) is 0 Å². The Kier molecular flexibility index (Phi) is 6.12. The second-order valence-electron chi connectivity index (χ2n) is 6.75. The highest BCUT2D eigenvalue weighted by Crippen LogP contribution is 2.24. The third-order valence-electron chi connectivity index (χ3n) is 4.37. The largest absolute Gasteiger partial charge is 0.352 e. The summed E-state index contributed by atoms with van der Waals surface area (Å²) >= 11 is 0. The highest BCUT2D eigenvalue weighted by Gasteiger charge is 2.11. The topological polar surface area (TPSA) is 96.5 Å². The quantitative estimate of drug-likeness (QED) is 0.641. The smallest absolute Gasteiger partial charge is 0.251 e. The minimum Gasteiger partial charge on any atom is -0.352 e. The van der Waals surface area contributed by atoms with Crippen molar-refractivity contribution in [2.75, 3.05) is 6.54 Å². The van der Waals surface area contributed by atoms with Gasteiger partial charge in [0.25, 0.3) is 5.91 Å². The molecule has 3 aromatic rings. The molecule has 0 saturated carbocycles. The number of pyridine rings is 1. The van der Waals surface area contributed by atoms with Gasteiger partial charge < -0.3 is 5.32 Å². The van der Waals surface area contributed by atoms with Crippen LogP contribution in [0.2, 0.25) is 0 Å². The number of nitrogens with one attached hydrogen (secondary N) is 1. The van der Waals surface area contributed by atoms with Gasteiger partial charge in [-0.2, -0.15) is 5.26 Å². The molecule has 7 heteroatoms. The van der Waals surface area contributed by atoms with Gasteiger partial charge in [-0.05, 0) is 36.6 Å². The second-order valence-corrected chi connectivity index (χ2v) is 6.75. The van der Waals surface area contributed by atoms with Crippen LogP contribution in [-0.4, -0.2) is 32.4 Å². The maximum absolute atomic E-state index is 12.3. The lowest BCUT2D eigenvalue weighted by Gasteiger charge is -2.10. The van der Waals surface area contributed by atoms with Gasteiger partial charge in [0, 0.05) is 36.1 Å². The average Bonchev–Trinajstić information content (AvgIpc) is 3.24. The van der Waals surface area contributed by atoms with Crippen molar-refractivity contribution in [3.05, 3.63) is 65.6 Å². The summed E-state index contributed by atoms with van der Waals surface area (Å²) in [5.74, 6) is 0.142. The summed E-state index contributed by atoms with van der Waals surface area (Å²) in [4.78, 5) is 16.9. The van der Waals surface area contributed by atoms with Gasteiger partial charge in [-0.15, -0.1) is 5.10 Å². The lowest BCUT2D eigenvalue weighted by molar-refractivity contribution is 0.0952. The Morgan fingerprint density at radius 2 is 2.00 bits per heavy atom. The number of hydrogen-bond donors (Lipinski definition) is 1. The molecule has 0 spiro atoms. The van der Waals surface area contributed by atoms with Crippen molar-refractivity contribution in [3.8, 4) is 17.3 Å². The number of aromatic nitrogens is 4. The van der Waals surface area contributed by atoms with Crippen LogP contribution in [0.15, 0.2) is 48.8 Å². The van der Waals surface area contributed by atoms with Crippen LogP contribution < -0.4 is 5.32 Å². The first-order valence-electron chi connectivity index (χ1n) is 9.22. The van der Waals surface area contributed by atoms with E-state index >= 15 is 0 Å². The van der Waals surface area contributed by atoms with Crippen LogP contribution in [-0.2, 0) is 6.54 Å². The van der Waals surface area contributed by atoms with Gasteiger partial charge >= 0.3 is 0 Å². The zero-order chi connectivity index (χ0) is 19.9. The minimum atomic E-state index is -0.130. The molecule has 7 nitrogen and oxygen atoms in total. The number of nitrogens with zero attached hydrogens (tertiary/aromatic N) is 5. The van der Waals surface area contributed by atoms with Crippen molar-refractivity contribution >= 4 is 5.91 Å². The highest BCUT2D eigenvalue weighted by molar-refractivity contribution is 5.94. The number of carbonyl (C=O) groups excluding carboxylic acids is 1. The number of rotatable bonds is 7. The number of nitriles is 1. The molecule has 2 aromatic heterocycles. The first-order chi connectivity index (χ1) is 13.6. The van der Waals surface area contributed by atoms with Crippen LogP contribution in [0.4, 0.5) is 0 Å².